The van der Waals surface area contributed by atoms with E-state index < -0.39 is 0 Å². The predicted octanol–water partition coefficient (Wildman–Crippen LogP) is 5.45. The highest BCUT2D eigenvalue weighted by Crippen LogP contribution is 2.30. The second-order valence-corrected chi connectivity index (χ2v) is 5.01. The molecule has 0 aromatic heterocycles. The average Bonchev–Trinajstić information content (AvgIpc) is 2.36. The minimum Gasteiger partial charge on any atom is -0.207 e. The minimum atomic E-state index is -0.152. The number of hydrogen-bond donors (Lipinski definition) is 0. The third-order valence-corrected chi connectivity index (χ3v) is 3.33. The second-order valence-electron chi connectivity index (χ2n) is 5.01. The molecule has 0 fully saturated rings. The maximum absolute atomic E-state index is 13.4. The fraction of sp³-hybridized carbons (Fsp3) is 0.222. The van der Waals surface area contributed by atoms with Crippen molar-refractivity contribution in [2.45, 2.75) is 27.7 Å². The van der Waals surface area contributed by atoms with Gasteiger partial charge in [-0.1, -0.05) is 35.9 Å². The number of benzene rings is 2. The van der Waals surface area contributed by atoms with Crippen LogP contribution in [0.5, 0.6) is 0 Å². The molecule has 2 aromatic rings. The Hall–Kier alpha value is -1.89. The summed E-state index contributed by atoms with van der Waals surface area (Å²) in [5.74, 6) is -0.152. The fourth-order valence-electron chi connectivity index (χ4n) is 2.42. The molecule has 0 saturated heterocycles. The van der Waals surface area contributed by atoms with E-state index >= 15 is 0 Å². The quantitative estimate of drug-likeness (QED) is 0.668. The lowest BCUT2D eigenvalue weighted by Gasteiger charge is -2.12. The molecular weight excluding hydrogens is 235 g/mol. The van der Waals surface area contributed by atoms with Crippen LogP contribution in [0, 0.1) is 26.6 Å². The van der Waals surface area contributed by atoms with Crippen molar-refractivity contribution in [3.05, 3.63) is 64.5 Å². The van der Waals surface area contributed by atoms with E-state index in [0.717, 1.165) is 5.56 Å². The maximum Gasteiger partial charge on any atom is 0.126 e. The summed E-state index contributed by atoms with van der Waals surface area (Å²) in [7, 11) is 0. The third-order valence-electron chi connectivity index (χ3n) is 3.33. The average molecular weight is 254 g/mol. The van der Waals surface area contributed by atoms with E-state index in [0.29, 0.717) is 5.56 Å². The number of aryl methyl sites for hydroxylation is 3. The Balaban J connectivity index is 2.69. The van der Waals surface area contributed by atoms with E-state index in [1.165, 1.54) is 22.3 Å². The van der Waals surface area contributed by atoms with E-state index in [2.05, 4.69) is 32.1 Å². The van der Waals surface area contributed by atoms with Gasteiger partial charge in [0.15, 0.2) is 0 Å². The summed E-state index contributed by atoms with van der Waals surface area (Å²) in [5, 5.41) is 0. The first-order valence-electron chi connectivity index (χ1n) is 6.53. The summed E-state index contributed by atoms with van der Waals surface area (Å²) in [4.78, 5) is 0. The van der Waals surface area contributed by atoms with Crippen LogP contribution in [0.2, 0.25) is 0 Å². The number of halogens is 1. The van der Waals surface area contributed by atoms with Crippen molar-refractivity contribution in [1.29, 1.82) is 0 Å². The van der Waals surface area contributed by atoms with Gasteiger partial charge in [0, 0.05) is 0 Å². The van der Waals surface area contributed by atoms with Gasteiger partial charge in [-0.2, -0.15) is 0 Å². The standard InChI is InChI=1S/C18H19F/c1-5-6-16-13(3)9-12(2)10-17(16)15-7-8-18(19)14(4)11-15/h5-11H,1-4H3. The largest absolute Gasteiger partial charge is 0.207 e. The van der Waals surface area contributed by atoms with Crippen LogP contribution in [0.1, 0.15) is 29.2 Å². The first-order chi connectivity index (χ1) is 9.02. The molecule has 0 bridgehead atoms. The summed E-state index contributed by atoms with van der Waals surface area (Å²) in [6.07, 6.45) is 4.15. The Morgan fingerprint density at radius 1 is 0.947 bits per heavy atom. The van der Waals surface area contributed by atoms with Gasteiger partial charge in [0.1, 0.15) is 5.82 Å². The van der Waals surface area contributed by atoms with Crippen LogP contribution in [-0.4, -0.2) is 0 Å². The van der Waals surface area contributed by atoms with Gasteiger partial charge in [-0.3, -0.25) is 0 Å². The van der Waals surface area contributed by atoms with Crippen LogP contribution in [-0.2, 0) is 0 Å². The van der Waals surface area contributed by atoms with Gasteiger partial charge in [0.2, 0.25) is 0 Å². The lowest BCUT2D eigenvalue weighted by Crippen LogP contribution is -1.91. The second kappa shape index (κ2) is 5.40. The van der Waals surface area contributed by atoms with Crippen LogP contribution < -0.4 is 0 Å². The van der Waals surface area contributed by atoms with Gasteiger partial charge < -0.3 is 0 Å². The summed E-state index contributed by atoms with van der Waals surface area (Å²) >= 11 is 0. The third kappa shape index (κ3) is 2.76. The van der Waals surface area contributed by atoms with Crippen LogP contribution >= 0.6 is 0 Å². The minimum absolute atomic E-state index is 0.152. The first kappa shape index (κ1) is 13.5. The van der Waals surface area contributed by atoms with E-state index in [1.54, 1.807) is 13.0 Å². The molecule has 0 nitrogen and oxygen atoms in total. The SMILES string of the molecule is CC=Cc1c(C)cc(C)cc1-c1ccc(F)c(C)c1. The molecule has 0 radical (unpaired) electrons. The van der Waals surface area contributed by atoms with E-state index in [9.17, 15) is 4.39 Å². The zero-order valence-corrected chi connectivity index (χ0v) is 11.9. The molecule has 0 aliphatic carbocycles. The van der Waals surface area contributed by atoms with E-state index in [1.807, 2.05) is 25.1 Å². The molecule has 0 aliphatic rings. The van der Waals surface area contributed by atoms with Gasteiger partial charge in [0.25, 0.3) is 0 Å². The molecular formula is C18H19F. The molecule has 0 amide bonds. The zero-order chi connectivity index (χ0) is 14.0. The van der Waals surface area contributed by atoms with Crippen molar-refractivity contribution in [2.75, 3.05) is 0 Å². The van der Waals surface area contributed by atoms with Crippen molar-refractivity contribution < 1.29 is 4.39 Å². The normalized spacial score (nSPS) is 11.2. The highest BCUT2D eigenvalue weighted by atomic mass is 19.1. The first-order valence-corrected chi connectivity index (χ1v) is 6.53. The maximum atomic E-state index is 13.4. The van der Waals surface area contributed by atoms with Gasteiger partial charge in [0.05, 0.1) is 0 Å². The van der Waals surface area contributed by atoms with Gasteiger partial charge >= 0.3 is 0 Å². The molecule has 98 valence electrons. The lowest BCUT2D eigenvalue weighted by molar-refractivity contribution is 0.619. The topological polar surface area (TPSA) is 0 Å². The Morgan fingerprint density at radius 3 is 2.32 bits per heavy atom. The summed E-state index contributed by atoms with van der Waals surface area (Å²) in [6.45, 7) is 8.02. The lowest BCUT2D eigenvalue weighted by atomic mass is 9.92. The molecule has 2 aromatic carbocycles. The highest BCUT2D eigenvalue weighted by molar-refractivity contribution is 5.78. The smallest absolute Gasteiger partial charge is 0.126 e. The van der Waals surface area contributed by atoms with Gasteiger partial charge in [-0.25, -0.2) is 4.39 Å². The predicted molar refractivity (Wildman–Crippen MR) is 80.8 cm³/mol. The Morgan fingerprint density at radius 2 is 1.68 bits per heavy atom. The van der Waals surface area contributed by atoms with E-state index in [-0.39, 0.29) is 5.82 Å². The Kier molecular flexibility index (Phi) is 3.84. The molecule has 0 N–H and O–H groups in total. The molecule has 0 unspecified atom stereocenters. The monoisotopic (exact) mass is 254 g/mol. The molecule has 0 aliphatic heterocycles. The van der Waals surface area contributed by atoms with Gasteiger partial charge in [-0.05, 0) is 67.6 Å². The Bertz CT molecular complexity index is 636. The van der Waals surface area contributed by atoms with Crippen LogP contribution in [0.3, 0.4) is 0 Å². The van der Waals surface area contributed by atoms with Crippen molar-refractivity contribution in [1.82, 2.24) is 0 Å². The van der Waals surface area contributed by atoms with Crippen molar-refractivity contribution >= 4 is 6.08 Å². The van der Waals surface area contributed by atoms with Crippen LogP contribution in [0.15, 0.2) is 36.4 Å². The van der Waals surface area contributed by atoms with Crippen LogP contribution in [0.4, 0.5) is 4.39 Å². The summed E-state index contributed by atoms with van der Waals surface area (Å²) in [6, 6.07) is 9.64. The molecule has 0 atom stereocenters. The molecule has 0 saturated carbocycles. The van der Waals surface area contributed by atoms with Crippen molar-refractivity contribution in [3.63, 3.8) is 0 Å². The molecule has 1 heteroatoms. The van der Waals surface area contributed by atoms with Gasteiger partial charge in [-0.15, -0.1) is 0 Å². The van der Waals surface area contributed by atoms with Crippen molar-refractivity contribution in [2.24, 2.45) is 0 Å². The summed E-state index contributed by atoms with van der Waals surface area (Å²) in [5.41, 5.74) is 6.59. The van der Waals surface area contributed by atoms with Crippen molar-refractivity contribution in [3.8, 4) is 11.1 Å². The molecule has 0 spiro atoms. The fourth-order valence-corrected chi connectivity index (χ4v) is 2.42. The zero-order valence-electron chi connectivity index (χ0n) is 11.9. The molecule has 0 heterocycles. The number of hydrogen-bond acceptors (Lipinski definition) is 0. The Labute approximate surface area is 114 Å². The summed E-state index contributed by atoms with van der Waals surface area (Å²) < 4.78 is 13.4. The number of allylic oxidation sites excluding steroid dienone is 1. The highest BCUT2D eigenvalue weighted by Gasteiger charge is 2.08. The van der Waals surface area contributed by atoms with E-state index in [4.69, 9.17) is 0 Å². The molecule has 2 rings (SSSR count). The molecule has 19 heavy (non-hydrogen) atoms. The number of rotatable bonds is 2. The van der Waals surface area contributed by atoms with Crippen LogP contribution in [0.25, 0.3) is 17.2 Å².